The van der Waals surface area contributed by atoms with E-state index in [4.69, 9.17) is 0 Å². The second-order valence-corrected chi connectivity index (χ2v) is 9.37. The summed E-state index contributed by atoms with van der Waals surface area (Å²) >= 11 is 0. The molecule has 0 spiro atoms. The minimum atomic E-state index is -3.89. The summed E-state index contributed by atoms with van der Waals surface area (Å²) in [5, 5.41) is 9.40. The SMILES string of the molecule is O=C(O)c1ccccc1S(=O)(=O)N1CCN(C(c2ccccc2)c2ccccc2)CC1. The van der Waals surface area contributed by atoms with Crippen molar-refractivity contribution < 1.29 is 18.3 Å². The average Bonchev–Trinajstić information content (AvgIpc) is 2.81. The van der Waals surface area contributed by atoms with Crippen molar-refractivity contribution in [3.8, 4) is 0 Å². The van der Waals surface area contributed by atoms with Crippen molar-refractivity contribution in [1.82, 2.24) is 9.21 Å². The largest absolute Gasteiger partial charge is 0.478 e. The monoisotopic (exact) mass is 436 g/mol. The Kier molecular flexibility index (Phi) is 6.18. The van der Waals surface area contributed by atoms with Crippen molar-refractivity contribution in [1.29, 1.82) is 0 Å². The van der Waals surface area contributed by atoms with Gasteiger partial charge in [0.15, 0.2) is 0 Å². The summed E-state index contributed by atoms with van der Waals surface area (Å²) in [5.41, 5.74) is 2.11. The number of carbonyl (C=O) groups is 1. The lowest BCUT2D eigenvalue weighted by Crippen LogP contribution is -2.49. The number of benzene rings is 3. The Balaban J connectivity index is 1.58. The second kappa shape index (κ2) is 9.01. The van der Waals surface area contributed by atoms with Crippen LogP contribution in [0.3, 0.4) is 0 Å². The summed E-state index contributed by atoms with van der Waals surface area (Å²) in [7, 11) is -3.89. The van der Waals surface area contributed by atoms with Crippen molar-refractivity contribution in [2.45, 2.75) is 10.9 Å². The number of hydrogen-bond donors (Lipinski definition) is 1. The summed E-state index contributed by atoms with van der Waals surface area (Å²) in [6, 6.07) is 26.1. The third kappa shape index (κ3) is 4.39. The van der Waals surface area contributed by atoms with Crippen LogP contribution in [0.25, 0.3) is 0 Å². The van der Waals surface area contributed by atoms with Crippen molar-refractivity contribution in [3.05, 3.63) is 102 Å². The van der Waals surface area contributed by atoms with Gasteiger partial charge in [0.25, 0.3) is 0 Å². The number of rotatable bonds is 6. The molecule has 0 aliphatic carbocycles. The molecule has 6 nitrogen and oxygen atoms in total. The van der Waals surface area contributed by atoms with Crippen LogP contribution in [0.15, 0.2) is 89.8 Å². The molecule has 0 amide bonds. The molecule has 1 aliphatic heterocycles. The molecule has 1 fully saturated rings. The minimum absolute atomic E-state index is 0.0264. The van der Waals surface area contributed by atoms with Crippen LogP contribution in [-0.2, 0) is 10.0 Å². The first kappa shape index (κ1) is 21.2. The van der Waals surface area contributed by atoms with E-state index in [0.717, 1.165) is 11.1 Å². The topological polar surface area (TPSA) is 77.9 Å². The van der Waals surface area contributed by atoms with Crippen molar-refractivity contribution >= 4 is 16.0 Å². The van der Waals surface area contributed by atoms with Gasteiger partial charge in [0.1, 0.15) is 0 Å². The Labute approximate surface area is 182 Å². The summed E-state index contributed by atoms with van der Waals surface area (Å²) in [5.74, 6) is -1.24. The highest BCUT2D eigenvalue weighted by Crippen LogP contribution is 2.30. The summed E-state index contributed by atoms with van der Waals surface area (Å²) in [4.78, 5) is 13.6. The number of carboxylic acid groups (broad SMARTS) is 1. The Morgan fingerprint density at radius 1 is 0.742 bits per heavy atom. The molecule has 0 unspecified atom stereocenters. The van der Waals surface area contributed by atoms with E-state index in [1.807, 2.05) is 36.4 Å². The van der Waals surface area contributed by atoms with E-state index in [1.165, 1.54) is 22.5 Å². The fourth-order valence-corrected chi connectivity index (χ4v) is 5.70. The first-order valence-corrected chi connectivity index (χ1v) is 11.6. The molecule has 0 bridgehead atoms. The van der Waals surface area contributed by atoms with Gasteiger partial charge in [-0.1, -0.05) is 72.8 Å². The lowest BCUT2D eigenvalue weighted by Gasteiger charge is -2.39. The molecule has 0 aromatic heterocycles. The van der Waals surface area contributed by atoms with E-state index in [2.05, 4.69) is 29.2 Å². The molecule has 0 radical (unpaired) electrons. The highest BCUT2D eigenvalue weighted by molar-refractivity contribution is 7.89. The molecule has 1 aliphatic rings. The third-order valence-corrected chi connectivity index (χ3v) is 7.56. The molecule has 160 valence electrons. The van der Waals surface area contributed by atoms with Crippen LogP contribution in [0.2, 0.25) is 0 Å². The summed E-state index contributed by atoms with van der Waals surface area (Å²) in [6.07, 6.45) is 0. The molecule has 31 heavy (non-hydrogen) atoms. The number of carboxylic acids is 1. The van der Waals surface area contributed by atoms with Crippen LogP contribution in [0.5, 0.6) is 0 Å². The van der Waals surface area contributed by atoms with Crippen LogP contribution in [-0.4, -0.2) is 54.9 Å². The van der Waals surface area contributed by atoms with Gasteiger partial charge in [-0.25, -0.2) is 13.2 Å². The van der Waals surface area contributed by atoms with E-state index in [-0.39, 0.29) is 16.5 Å². The van der Waals surface area contributed by atoms with Crippen molar-refractivity contribution in [3.63, 3.8) is 0 Å². The third-order valence-electron chi connectivity index (χ3n) is 5.60. The van der Waals surface area contributed by atoms with Crippen LogP contribution in [0, 0.1) is 0 Å². The normalized spacial score (nSPS) is 15.8. The summed E-state index contributed by atoms with van der Waals surface area (Å²) < 4.78 is 27.7. The Morgan fingerprint density at radius 3 is 1.74 bits per heavy atom. The Hall–Kier alpha value is -3.00. The highest BCUT2D eigenvalue weighted by Gasteiger charge is 2.34. The van der Waals surface area contributed by atoms with E-state index in [9.17, 15) is 18.3 Å². The molecule has 1 heterocycles. The molecule has 0 saturated carbocycles. The molecule has 7 heteroatoms. The number of piperazine rings is 1. The van der Waals surface area contributed by atoms with Gasteiger partial charge in [-0.2, -0.15) is 4.31 Å². The zero-order valence-corrected chi connectivity index (χ0v) is 17.8. The molecule has 0 atom stereocenters. The Bertz CT molecular complexity index is 1100. The maximum atomic E-state index is 13.2. The standard InChI is InChI=1S/C24H24N2O4S/c27-24(28)21-13-7-8-14-22(21)31(29,30)26-17-15-25(16-18-26)23(19-9-3-1-4-10-19)20-11-5-2-6-12-20/h1-14,23H,15-18H2,(H,27,28). The Morgan fingerprint density at radius 2 is 1.23 bits per heavy atom. The van der Waals surface area contributed by atoms with Gasteiger partial charge < -0.3 is 5.11 Å². The van der Waals surface area contributed by atoms with E-state index < -0.39 is 16.0 Å². The predicted octanol–water partition coefficient (Wildman–Crippen LogP) is 3.48. The fraction of sp³-hybridized carbons (Fsp3) is 0.208. The van der Waals surface area contributed by atoms with E-state index in [1.54, 1.807) is 6.07 Å². The number of nitrogens with zero attached hydrogens (tertiary/aromatic N) is 2. The van der Waals surface area contributed by atoms with Gasteiger partial charge in [0.05, 0.1) is 16.5 Å². The minimum Gasteiger partial charge on any atom is -0.478 e. The molecule has 4 rings (SSSR count). The molecule has 3 aromatic rings. The van der Waals surface area contributed by atoms with Crippen LogP contribution in [0.1, 0.15) is 27.5 Å². The second-order valence-electron chi connectivity index (χ2n) is 7.47. The fourth-order valence-electron chi connectivity index (χ4n) is 4.09. The van der Waals surface area contributed by atoms with Gasteiger partial charge in [0, 0.05) is 26.2 Å². The zero-order chi connectivity index (χ0) is 21.8. The van der Waals surface area contributed by atoms with Crippen molar-refractivity contribution in [2.75, 3.05) is 26.2 Å². The maximum absolute atomic E-state index is 13.2. The van der Waals surface area contributed by atoms with E-state index >= 15 is 0 Å². The van der Waals surface area contributed by atoms with Gasteiger partial charge in [-0.05, 0) is 23.3 Å². The first-order valence-electron chi connectivity index (χ1n) is 10.1. The highest BCUT2D eigenvalue weighted by atomic mass is 32.2. The van der Waals surface area contributed by atoms with Crippen LogP contribution < -0.4 is 0 Å². The van der Waals surface area contributed by atoms with E-state index in [0.29, 0.717) is 26.2 Å². The lowest BCUT2D eigenvalue weighted by atomic mass is 9.96. The number of sulfonamides is 1. The number of aromatic carboxylic acids is 1. The summed E-state index contributed by atoms with van der Waals surface area (Å²) in [6.45, 7) is 1.69. The van der Waals surface area contributed by atoms with Crippen molar-refractivity contribution in [2.24, 2.45) is 0 Å². The average molecular weight is 437 g/mol. The number of hydrogen-bond acceptors (Lipinski definition) is 4. The molecule has 1 N–H and O–H groups in total. The molecular weight excluding hydrogens is 412 g/mol. The van der Waals surface area contributed by atoms with Gasteiger partial charge in [-0.15, -0.1) is 0 Å². The smallest absolute Gasteiger partial charge is 0.337 e. The predicted molar refractivity (Wildman–Crippen MR) is 118 cm³/mol. The quantitative estimate of drug-likeness (QED) is 0.640. The first-order chi connectivity index (χ1) is 15.0. The van der Waals surface area contributed by atoms with Gasteiger partial charge in [0.2, 0.25) is 10.0 Å². The van der Waals surface area contributed by atoms with Crippen LogP contribution in [0.4, 0.5) is 0 Å². The molecule has 1 saturated heterocycles. The zero-order valence-electron chi connectivity index (χ0n) is 17.0. The molecular formula is C24H24N2O4S. The lowest BCUT2D eigenvalue weighted by molar-refractivity contribution is 0.0692. The van der Waals surface area contributed by atoms with Gasteiger partial charge in [-0.3, -0.25) is 4.90 Å². The van der Waals surface area contributed by atoms with Gasteiger partial charge >= 0.3 is 5.97 Å². The maximum Gasteiger partial charge on any atom is 0.337 e. The molecule has 3 aromatic carbocycles. The van der Waals surface area contributed by atoms with Crippen LogP contribution >= 0.6 is 0 Å².